The van der Waals surface area contributed by atoms with E-state index in [1.54, 1.807) is 17.4 Å². The van der Waals surface area contributed by atoms with Crippen LogP contribution in [0, 0.1) is 25.2 Å². The fourth-order valence-electron chi connectivity index (χ4n) is 3.09. The van der Waals surface area contributed by atoms with Crippen molar-refractivity contribution in [3.05, 3.63) is 57.9 Å². The molecule has 0 radical (unpaired) electrons. The van der Waals surface area contributed by atoms with Crippen molar-refractivity contribution in [2.45, 2.75) is 40.3 Å². The van der Waals surface area contributed by atoms with Crippen molar-refractivity contribution in [2.75, 3.05) is 0 Å². The molecular formula is C21H22N4OS. The van der Waals surface area contributed by atoms with E-state index in [-0.39, 0.29) is 11.5 Å². The number of hydrogen-bond donors (Lipinski definition) is 1. The summed E-state index contributed by atoms with van der Waals surface area (Å²) in [6.45, 7) is 7.43. The van der Waals surface area contributed by atoms with E-state index in [0.717, 1.165) is 45.1 Å². The summed E-state index contributed by atoms with van der Waals surface area (Å²) in [5, 5.41) is 13.1. The minimum absolute atomic E-state index is 0.104. The molecule has 0 bridgehead atoms. The van der Waals surface area contributed by atoms with Gasteiger partial charge in [-0.1, -0.05) is 19.1 Å². The maximum atomic E-state index is 12.5. The first-order valence-electron chi connectivity index (χ1n) is 8.94. The molecule has 5 nitrogen and oxygen atoms in total. The van der Waals surface area contributed by atoms with Gasteiger partial charge in [0.05, 0.1) is 16.8 Å². The third-order valence-corrected chi connectivity index (χ3v) is 5.50. The number of carbonyl (C=O) groups excluding carboxylic acids is 1. The molecule has 138 valence electrons. The van der Waals surface area contributed by atoms with Crippen LogP contribution in [0.3, 0.4) is 0 Å². The highest BCUT2D eigenvalue weighted by Gasteiger charge is 2.13. The number of hydrogen-bond acceptors (Lipinski definition) is 4. The molecule has 6 heteroatoms. The Morgan fingerprint density at radius 2 is 2.15 bits per heavy atom. The first-order chi connectivity index (χ1) is 13.0. The molecule has 3 aromatic rings. The number of amides is 1. The van der Waals surface area contributed by atoms with E-state index >= 15 is 0 Å². The molecule has 2 aromatic heterocycles. The monoisotopic (exact) mass is 378 g/mol. The standard InChI is InChI=1S/C21H22N4OS/c1-4-9-25-14(2)10-16(15(25)3)11-17(12-22)21(26)23-13-20-24-18-7-5-6-8-19(18)27-20/h5-8,10-11H,4,9,13H2,1-3H3,(H,23,26)/b17-11+. The Hall–Kier alpha value is -2.91. The van der Waals surface area contributed by atoms with E-state index in [1.807, 2.05) is 50.2 Å². The number of thiazole rings is 1. The van der Waals surface area contributed by atoms with Crippen LogP contribution in [0.2, 0.25) is 0 Å². The minimum Gasteiger partial charge on any atom is -0.349 e. The lowest BCUT2D eigenvalue weighted by Gasteiger charge is -2.07. The molecule has 3 rings (SSSR count). The topological polar surface area (TPSA) is 70.7 Å². The van der Waals surface area contributed by atoms with Gasteiger partial charge in [0.2, 0.25) is 0 Å². The van der Waals surface area contributed by atoms with Gasteiger partial charge in [-0.2, -0.15) is 5.26 Å². The summed E-state index contributed by atoms with van der Waals surface area (Å²) in [5.41, 5.74) is 4.14. The van der Waals surface area contributed by atoms with Crippen LogP contribution in [-0.2, 0) is 17.9 Å². The Balaban J connectivity index is 1.75. The molecule has 0 unspecified atom stereocenters. The van der Waals surface area contributed by atoms with Gasteiger partial charge in [0.15, 0.2) is 0 Å². The summed E-state index contributed by atoms with van der Waals surface area (Å²) in [6, 6.07) is 11.9. The molecule has 0 aliphatic heterocycles. The fourth-order valence-corrected chi connectivity index (χ4v) is 4.00. The van der Waals surface area contributed by atoms with E-state index in [4.69, 9.17) is 0 Å². The second-order valence-corrected chi connectivity index (χ2v) is 7.52. The Morgan fingerprint density at radius 1 is 1.37 bits per heavy atom. The molecule has 0 spiro atoms. The van der Waals surface area contributed by atoms with E-state index in [9.17, 15) is 10.1 Å². The zero-order chi connectivity index (χ0) is 19.4. The predicted molar refractivity (Wildman–Crippen MR) is 109 cm³/mol. The highest BCUT2D eigenvalue weighted by Crippen LogP contribution is 2.22. The summed E-state index contributed by atoms with van der Waals surface area (Å²) < 4.78 is 3.29. The van der Waals surface area contributed by atoms with Gasteiger partial charge < -0.3 is 9.88 Å². The summed E-state index contributed by atoms with van der Waals surface area (Å²) >= 11 is 1.54. The van der Waals surface area contributed by atoms with Crippen LogP contribution in [0.1, 0.15) is 35.3 Å². The number of nitrogens with zero attached hydrogens (tertiary/aromatic N) is 3. The van der Waals surface area contributed by atoms with Crippen LogP contribution < -0.4 is 5.32 Å². The molecule has 1 aromatic carbocycles. The van der Waals surface area contributed by atoms with Crippen LogP contribution in [-0.4, -0.2) is 15.5 Å². The molecule has 0 fully saturated rings. The van der Waals surface area contributed by atoms with Gasteiger partial charge in [-0.15, -0.1) is 11.3 Å². The second kappa shape index (κ2) is 8.19. The lowest BCUT2D eigenvalue weighted by atomic mass is 10.1. The normalized spacial score (nSPS) is 11.6. The number of carbonyl (C=O) groups is 1. The number of para-hydroxylation sites is 1. The van der Waals surface area contributed by atoms with Crippen molar-refractivity contribution in [1.29, 1.82) is 5.26 Å². The van der Waals surface area contributed by atoms with Crippen LogP contribution in [0.25, 0.3) is 16.3 Å². The second-order valence-electron chi connectivity index (χ2n) is 6.41. The number of nitriles is 1. The van der Waals surface area contributed by atoms with E-state index < -0.39 is 0 Å². The maximum Gasteiger partial charge on any atom is 0.262 e. The third-order valence-electron chi connectivity index (χ3n) is 4.46. The van der Waals surface area contributed by atoms with Gasteiger partial charge in [0.1, 0.15) is 16.6 Å². The highest BCUT2D eigenvalue weighted by atomic mass is 32.1. The van der Waals surface area contributed by atoms with Gasteiger partial charge >= 0.3 is 0 Å². The maximum absolute atomic E-state index is 12.5. The van der Waals surface area contributed by atoms with E-state index in [0.29, 0.717) is 6.54 Å². The number of rotatable bonds is 6. The molecule has 0 saturated carbocycles. The number of nitrogens with one attached hydrogen (secondary N) is 1. The molecule has 0 saturated heterocycles. The lowest BCUT2D eigenvalue weighted by molar-refractivity contribution is -0.117. The summed E-state index contributed by atoms with van der Waals surface area (Å²) in [5.74, 6) is -0.378. The fraction of sp³-hybridized carbons (Fsp3) is 0.286. The van der Waals surface area contributed by atoms with Crippen molar-refractivity contribution in [3.8, 4) is 6.07 Å². The first-order valence-corrected chi connectivity index (χ1v) is 9.76. The van der Waals surface area contributed by atoms with Crippen molar-refractivity contribution < 1.29 is 4.79 Å². The summed E-state index contributed by atoms with van der Waals surface area (Å²) in [6.07, 6.45) is 2.70. The number of fused-ring (bicyclic) bond motifs is 1. The number of aryl methyl sites for hydroxylation is 1. The van der Waals surface area contributed by atoms with Crippen LogP contribution in [0.5, 0.6) is 0 Å². The quantitative estimate of drug-likeness (QED) is 0.512. The zero-order valence-corrected chi connectivity index (χ0v) is 16.6. The van der Waals surface area contributed by atoms with Gasteiger partial charge in [-0.25, -0.2) is 4.98 Å². The highest BCUT2D eigenvalue weighted by molar-refractivity contribution is 7.18. The summed E-state index contributed by atoms with van der Waals surface area (Å²) in [4.78, 5) is 17.0. The molecular weight excluding hydrogens is 356 g/mol. The molecule has 1 amide bonds. The van der Waals surface area contributed by atoms with Crippen molar-refractivity contribution in [3.63, 3.8) is 0 Å². The average molecular weight is 379 g/mol. The van der Waals surface area contributed by atoms with Gasteiger partial charge in [-0.05, 0) is 50.1 Å². The average Bonchev–Trinajstić information content (AvgIpc) is 3.20. The van der Waals surface area contributed by atoms with Crippen LogP contribution in [0.15, 0.2) is 35.9 Å². The van der Waals surface area contributed by atoms with Gasteiger partial charge in [0.25, 0.3) is 5.91 Å². The molecule has 1 N–H and O–H groups in total. The predicted octanol–water partition coefficient (Wildman–Crippen LogP) is 4.35. The van der Waals surface area contributed by atoms with Crippen LogP contribution >= 0.6 is 11.3 Å². The number of aromatic nitrogens is 2. The minimum atomic E-state index is -0.378. The Labute approximate surface area is 163 Å². The van der Waals surface area contributed by atoms with Gasteiger partial charge in [0, 0.05) is 17.9 Å². The van der Waals surface area contributed by atoms with Crippen molar-refractivity contribution in [2.24, 2.45) is 0 Å². The van der Waals surface area contributed by atoms with E-state index in [1.165, 1.54) is 0 Å². The molecule has 2 heterocycles. The van der Waals surface area contributed by atoms with E-state index in [2.05, 4.69) is 21.8 Å². The summed E-state index contributed by atoms with van der Waals surface area (Å²) in [7, 11) is 0. The van der Waals surface area contributed by atoms with Crippen LogP contribution in [0.4, 0.5) is 0 Å². The zero-order valence-electron chi connectivity index (χ0n) is 15.7. The Morgan fingerprint density at radius 3 is 2.85 bits per heavy atom. The van der Waals surface area contributed by atoms with Gasteiger partial charge in [-0.3, -0.25) is 4.79 Å². The third kappa shape index (κ3) is 4.09. The molecule has 0 atom stereocenters. The Kier molecular flexibility index (Phi) is 5.72. The smallest absolute Gasteiger partial charge is 0.262 e. The largest absolute Gasteiger partial charge is 0.349 e. The SMILES string of the molecule is CCCn1c(C)cc(/C=C(\C#N)C(=O)NCc2nc3ccccc3s2)c1C. The molecule has 27 heavy (non-hydrogen) atoms. The molecule has 0 aliphatic carbocycles. The molecule has 0 aliphatic rings. The van der Waals surface area contributed by atoms with Crippen molar-refractivity contribution in [1.82, 2.24) is 14.9 Å². The Bertz CT molecular complexity index is 1020. The first kappa shape index (κ1) is 18.9. The number of benzene rings is 1. The lowest BCUT2D eigenvalue weighted by Crippen LogP contribution is -2.23. The van der Waals surface area contributed by atoms with Crippen molar-refractivity contribution >= 4 is 33.5 Å².